The molecule has 0 spiro atoms. The summed E-state index contributed by atoms with van der Waals surface area (Å²) < 4.78 is 21.5. The van der Waals surface area contributed by atoms with Gasteiger partial charge >= 0.3 is 0 Å². The van der Waals surface area contributed by atoms with E-state index >= 15 is 0 Å². The van der Waals surface area contributed by atoms with Gasteiger partial charge < -0.3 is 18.1 Å². The van der Waals surface area contributed by atoms with E-state index < -0.39 is 21.7 Å². The van der Waals surface area contributed by atoms with Gasteiger partial charge in [0.1, 0.15) is 5.40 Å². The lowest BCUT2D eigenvalue weighted by Gasteiger charge is -2.28. The molecule has 0 heterocycles. The van der Waals surface area contributed by atoms with Crippen molar-refractivity contribution in [2.24, 2.45) is 0 Å². The van der Waals surface area contributed by atoms with E-state index in [0.29, 0.717) is 6.42 Å². The van der Waals surface area contributed by atoms with Crippen LogP contribution in [0.25, 0.3) is 0 Å². The van der Waals surface area contributed by atoms with Crippen molar-refractivity contribution < 1.29 is 23.0 Å². The van der Waals surface area contributed by atoms with Crippen LogP contribution in [0.2, 0.25) is 0 Å². The maximum Gasteiger partial charge on any atom is 0.269 e. The molecule has 0 aliphatic heterocycles. The standard InChI is InChI=1S/C12H19NO6P2/c1-16-20(17-2)12(21(18-3)19-4)9-10-5-7-11(8-6-10)13(14)15/h5-8,12H,9H2,1-4H3. The smallest absolute Gasteiger partial charge is 0.269 e. The minimum absolute atomic E-state index is 0.0665. The van der Waals surface area contributed by atoms with Gasteiger partial charge in [0.25, 0.3) is 5.69 Å². The first-order chi connectivity index (χ1) is 10.1. The van der Waals surface area contributed by atoms with Crippen LogP contribution < -0.4 is 0 Å². The van der Waals surface area contributed by atoms with Crippen molar-refractivity contribution >= 4 is 22.4 Å². The highest BCUT2D eigenvalue weighted by molar-refractivity contribution is 7.66. The van der Waals surface area contributed by atoms with Gasteiger partial charge in [-0.3, -0.25) is 10.1 Å². The predicted octanol–water partition coefficient (Wildman–Crippen LogP) is 3.67. The van der Waals surface area contributed by atoms with Crippen LogP contribution in [0.3, 0.4) is 0 Å². The second kappa shape index (κ2) is 9.36. The number of nitro benzene ring substituents is 1. The van der Waals surface area contributed by atoms with Crippen LogP contribution >= 0.6 is 16.8 Å². The number of hydrogen-bond acceptors (Lipinski definition) is 6. The molecule has 1 rings (SSSR count). The van der Waals surface area contributed by atoms with E-state index in [1.54, 1.807) is 40.6 Å². The average molecular weight is 335 g/mol. The van der Waals surface area contributed by atoms with Crippen LogP contribution in [0.1, 0.15) is 5.56 Å². The van der Waals surface area contributed by atoms with Crippen molar-refractivity contribution in [3.63, 3.8) is 0 Å². The SMILES string of the molecule is COP(OC)C(Cc1ccc([N+](=O)[O-])cc1)P(OC)OC. The minimum Gasteiger partial charge on any atom is -0.337 e. The molecule has 0 bridgehead atoms. The highest BCUT2D eigenvalue weighted by Gasteiger charge is 2.32. The lowest BCUT2D eigenvalue weighted by molar-refractivity contribution is -0.384. The molecule has 0 saturated carbocycles. The summed E-state index contributed by atoms with van der Waals surface area (Å²) in [6.07, 6.45) is 0.596. The van der Waals surface area contributed by atoms with Crippen molar-refractivity contribution in [1.29, 1.82) is 0 Å². The number of non-ortho nitro benzene ring substituents is 1. The number of nitrogens with zero attached hydrogens (tertiary/aromatic N) is 1. The Morgan fingerprint density at radius 2 is 1.43 bits per heavy atom. The summed E-state index contributed by atoms with van der Waals surface area (Å²) in [7, 11) is 3.98. The Morgan fingerprint density at radius 3 is 1.76 bits per heavy atom. The molecule has 0 radical (unpaired) electrons. The van der Waals surface area contributed by atoms with Gasteiger partial charge in [-0.1, -0.05) is 12.1 Å². The summed E-state index contributed by atoms with van der Waals surface area (Å²) in [5.74, 6) is 0. The van der Waals surface area contributed by atoms with Gasteiger partial charge in [0.15, 0.2) is 16.8 Å². The molecule has 7 nitrogen and oxygen atoms in total. The van der Waals surface area contributed by atoms with Crippen molar-refractivity contribution in [3.8, 4) is 0 Å². The monoisotopic (exact) mass is 335 g/mol. The first-order valence-electron chi connectivity index (χ1n) is 6.05. The molecule has 0 aliphatic rings. The van der Waals surface area contributed by atoms with Gasteiger partial charge in [-0.25, -0.2) is 0 Å². The van der Waals surface area contributed by atoms with Gasteiger partial charge in [-0.2, -0.15) is 0 Å². The molecule has 0 N–H and O–H groups in total. The number of nitro groups is 1. The zero-order valence-corrected chi connectivity index (χ0v) is 14.2. The van der Waals surface area contributed by atoms with Crippen molar-refractivity contribution in [1.82, 2.24) is 0 Å². The van der Waals surface area contributed by atoms with Gasteiger partial charge in [-0.05, 0) is 12.0 Å². The Labute approximate surface area is 126 Å². The minimum atomic E-state index is -1.17. The lowest BCUT2D eigenvalue weighted by atomic mass is 10.1. The third-order valence-electron chi connectivity index (χ3n) is 2.77. The van der Waals surface area contributed by atoms with Crippen LogP contribution in [0.4, 0.5) is 5.69 Å². The lowest BCUT2D eigenvalue weighted by Crippen LogP contribution is -2.12. The highest BCUT2D eigenvalue weighted by atomic mass is 31.2. The van der Waals surface area contributed by atoms with E-state index in [2.05, 4.69) is 0 Å². The number of hydrogen-bond donors (Lipinski definition) is 0. The third kappa shape index (κ3) is 5.22. The van der Waals surface area contributed by atoms with E-state index in [0.717, 1.165) is 5.56 Å². The summed E-state index contributed by atoms with van der Waals surface area (Å²) in [4.78, 5) is 10.2. The van der Waals surface area contributed by atoms with Gasteiger partial charge in [-0.15, -0.1) is 0 Å². The number of rotatable bonds is 9. The zero-order valence-electron chi connectivity index (χ0n) is 12.4. The van der Waals surface area contributed by atoms with E-state index in [4.69, 9.17) is 18.1 Å². The second-order valence-corrected chi connectivity index (χ2v) is 8.17. The quantitative estimate of drug-likeness (QED) is 0.389. The van der Waals surface area contributed by atoms with E-state index in [-0.39, 0.29) is 11.1 Å². The van der Waals surface area contributed by atoms with Crippen LogP contribution in [0, 0.1) is 10.1 Å². The van der Waals surface area contributed by atoms with Gasteiger partial charge in [0.05, 0.1) is 4.92 Å². The Bertz CT molecular complexity index is 424. The molecule has 0 saturated heterocycles. The fourth-order valence-corrected chi connectivity index (χ4v) is 5.56. The Morgan fingerprint density at radius 1 is 1.00 bits per heavy atom. The molecule has 0 aromatic heterocycles. The number of benzene rings is 1. The first-order valence-corrected chi connectivity index (χ1v) is 8.55. The predicted molar refractivity (Wildman–Crippen MR) is 82.5 cm³/mol. The summed E-state index contributed by atoms with van der Waals surface area (Å²) in [5.41, 5.74) is 1.01. The maximum atomic E-state index is 10.7. The molecular formula is C12H19NO6P2. The Kier molecular flexibility index (Phi) is 8.19. The van der Waals surface area contributed by atoms with Crippen LogP contribution in [0.15, 0.2) is 24.3 Å². The molecule has 1 aromatic rings. The summed E-state index contributed by atoms with van der Waals surface area (Å²) >= 11 is 0. The Hall–Kier alpha value is -0.680. The summed E-state index contributed by atoms with van der Waals surface area (Å²) in [6, 6.07) is 6.41. The second-order valence-electron chi connectivity index (χ2n) is 3.91. The average Bonchev–Trinajstić information content (AvgIpc) is 2.50. The van der Waals surface area contributed by atoms with Crippen molar-refractivity contribution in [2.45, 2.75) is 11.8 Å². The molecule has 0 amide bonds. The summed E-state index contributed by atoms with van der Waals surface area (Å²) in [5, 5.41) is 10.6. The normalized spacial score (nSPS) is 11.6. The fourth-order valence-electron chi connectivity index (χ4n) is 1.83. The zero-order chi connectivity index (χ0) is 15.8. The molecular weight excluding hydrogens is 316 g/mol. The molecule has 0 fully saturated rings. The molecule has 9 heteroatoms. The topological polar surface area (TPSA) is 80.1 Å². The Balaban J connectivity index is 2.91. The molecule has 0 atom stereocenters. The molecule has 0 aliphatic carbocycles. The van der Waals surface area contributed by atoms with Crippen LogP contribution in [-0.2, 0) is 24.5 Å². The highest BCUT2D eigenvalue weighted by Crippen LogP contribution is 2.60. The van der Waals surface area contributed by atoms with E-state index in [9.17, 15) is 10.1 Å². The van der Waals surface area contributed by atoms with E-state index in [1.807, 2.05) is 0 Å². The molecule has 118 valence electrons. The first kappa shape index (κ1) is 18.4. The van der Waals surface area contributed by atoms with Gasteiger partial charge in [0, 0.05) is 40.6 Å². The molecule has 21 heavy (non-hydrogen) atoms. The van der Waals surface area contributed by atoms with Crippen molar-refractivity contribution in [2.75, 3.05) is 28.4 Å². The fraction of sp³-hybridized carbons (Fsp3) is 0.500. The molecule has 0 unspecified atom stereocenters. The van der Waals surface area contributed by atoms with Crippen LogP contribution in [0.5, 0.6) is 0 Å². The summed E-state index contributed by atoms with van der Waals surface area (Å²) in [6.45, 7) is 0. The van der Waals surface area contributed by atoms with Crippen molar-refractivity contribution in [3.05, 3.63) is 39.9 Å². The third-order valence-corrected chi connectivity index (χ3v) is 6.68. The van der Waals surface area contributed by atoms with Gasteiger partial charge in [0.2, 0.25) is 0 Å². The largest absolute Gasteiger partial charge is 0.337 e. The van der Waals surface area contributed by atoms with Crippen LogP contribution in [-0.4, -0.2) is 38.8 Å². The molecule has 1 aromatic carbocycles. The maximum absolute atomic E-state index is 10.7. The van der Waals surface area contributed by atoms with E-state index in [1.165, 1.54) is 12.1 Å².